The highest BCUT2D eigenvalue weighted by Gasteiger charge is 2.35. The number of benzene rings is 1. The summed E-state index contributed by atoms with van der Waals surface area (Å²) in [5.74, 6) is 0.949. The molecular formula is C21H30ClNO2. The summed E-state index contributed by atoms with van der Waals surface area (Å²) in [6, 6.07) is 7.96. The molecule has 3 nitrogen and oxygen atoms in total. The first-order valence-electron chi connectivity index (χ1n) is 9.48. The van der Waals surface area contributed by atoms with E-state index in [0.29, 0.717) is 37.0 Å². The Morgan fingerprint density at radius 3 is 2.64 bits per heavy atom. The lowest BCUT2D eigenvalue weighted by atomic mass is 9.71. The van der Waals surface area contributed by atoms with Crippen molar-refractivity contribution < 1.29 is 9.53 Å². The largest absolute Gasteiger partial charge is 0.376 e. The summed E-state index contributed by atoms with van der Waals surface area (Å²) >= 11 is 5.96. The Bertz CT molecular complexity index is 598. The van der Waals surface area contributed by atoms with Gasteiger partial charge in [-0.05, 0) is 54.7 Å². The molecule has 1 aliphatic carbocycles. The molecule has 0 aromatic heterocycles. The van der Waals surface area contributed by atoms with Gasteiger partial charge in [0, 0.05) is 18.0 Å². The lowest BCUT2D eigenvalue weighted by Gasteiger charge is -2.39. The van der Waals surface area contributed by atoms with Crippen LogP contribution in [-0.2, 0) is 16.1 Å². The van der Waals surface area contributed by atoms with Crippen LogP contribution < -0.4 is 0 Å². The highest BCUT2D eigenvalue weighted by atomic mass is 35.5. The van der Waals surface area contributed by atoms with E-state index in [9.17, 15) is 4.79 Å². The van der Waals surface area contributed by atoms with E-state index in [-0.39, 0.29) is 11.9 Å². The van der Waals surface area contributed by atoms with E-state index >= 15 is 0 Å². The van der Waals surface area contributed by atoms with E-state index in [4.69, 9.17) is 16.3 Å². The molecule has 3 atom stereocenters. The Balaban J connectivity index is 1.57. The number of hydrogen-bond acceptors (Lipinski definition) is 2. The summed E-state index contributed by atoms with van der Waals surface area (Å²) in [5.41, 5.74) is 1.48. The van der Waals surface area contributed by atoms with E-state index < -0.39 is 0 Å². The predicted octanol–water partition coefficient (Wildman–Crippen LogP) is 5.06. The quantitative estimate of drug-likeness (QED) is 0.731. The predicted molar refractivity (Wildman–Crippen MR) is 102 cm³/mol. The van der Waals surface area contributed by atoms with Crippen LogP contribution in [0.3, 0.4) is 0 Å². The monoisotopic (exact) mass is 363 g/mol. The van der Waals surface area contributed by atoms with Gasteiger partial charge in [-0.3, -0.25) is 4.79 Å². The van der Waals surface area contributed by atoms with Crippen molar-refractivity contribution in [1.82, 2.24) is 4.90 Å². The Kier molecular flexibility index (Phi) is 5.75. The first kappa shape index (κ1) is 18.7. The average Bonchev–Trinajstić information content (AvgIpc) is 2.86. The maximum atomic E-state index is 12.3. The van der Waals surface area contributed by atoms with Crippen LogP contribution in [0, 0.1) is 11.3 Å². The van der Waals surface area contributed by atoms with E-state index in [1.54, 1.807) is 0 Å². The molecule has 1 aromatic carbocycles. The van der Waals surface area contributed by atoms with Crippen molar-refractivity contribution in [1.29, 1.82) is 0 Å². The fourth-order valence-corrected chi connectivity index (χ4v) is 4.73. The van der Waals surface area contributed by atoms with E-state index in [2.05, 4.69) is 20.8 Å². The Hall–Kier alpha value is -1.06. The zero-order valence-corrected chi connectivity index (χ0v) is 16.4. The van der Waals surface area contributed by atoms with Crippen LogP contribution in [0.15, 0.2) is 24.3 Å². The van der Waals surface area contributed by atoms with Gasteiger partial charge in [-0.1, -0.05) is 44.5 Å². The summed E-state index contributed by atoms with van der Waals surface area (Å²) in [6.45, 7) is 8.31. The standard InChI is InChI=1S/C21H30ClNO2/c1-15-10-19(12-21(2,3)11-15)25-14-18-8-9-20(24)23(18)13-16-4-6-17(22)7-5-16/h4-7,15,18-19H,8-14H2,1-3H3. The summed E-state index contributed by atoms with van der Waals surface area (Å²) in [7, 11) is 0. The van der Waals surface area contributed by atoms with Gasteiger partial charge in [-0.2, -0.15) is 0 Å². The lowest BCUT2D eigenvalue weighted by molar-refractivity contribution is -0.131. The molecule has 0 radical (unpaired) electrons. The van der Waals surface area contributed by atoms with E-state index in [1.807, 2.05) is 29.2 Å². The van der Waals surface area contributed by atoms with Gasteiger partial charge in [0.25, 0.3) is 0 Å². The maximum absolute atomic E-state index is 12.3. The van der Waals surface area contributed by atoms with Gasteiger partial charge < -0.3 is 9.64 Å². The fourth-order valence-electron chi connectivity index (χ4n) is 4.60. The van der Waals surface area contributed by atoms with Crippen LogP contribution in [0.5, 0.6) is 0 Å². The number of hydrogen-bond donors (Lipinski definition) is 0. The van der Waals surface area contributed by atoms with Crippen LogP contribution in [0.1, 0.15) is 58.4 Å². The molecule has 1 saturated heterocycles. The fraction of sp³-hybridized carbons (Fsp3) is 0.667. The van der Waals surface area contributed by atoms with Gasteiger partial charge in [0.15, 0.2) is 0 Å². The second kappa shape index (κ2) is 7.67. The molecule has 0 bridgehead atoms. The molecule has 1 aromatic rings. The third-order valence-corrected chi connectivity index (χ3v) is 5.84. The van der Waals surface area contributed by atoms with Crippen LogP contribution >= 0.6 is 11.6 Å². The molecule has 1 amide bonds. The zero-order valence-electron chi connectivity index (χ0n) is 15.6. The Labute approximate surface area is 156 Å². The molecule has 1 heterocycles. The molecule has 4 heteroatoms. The zero-order chi connectivity index (χ0) is 18.0. The van der Waals surface area contributed by atoms with Crippen molar-refractivity contribution in [2.24, 2.45) is 11.3 Å². The molecule has 3 rings (SSSR count). The van der Waals surface area contributed by atoms with Crippen LogP contribution in [0.2, 0.25) is 5.02 Å². The van der Waals surface area contributed by atoms with Crippen LogP contribution in [-0.4, -0.2) is 29.6 Å². The lowest BCUT2D eigenvalue weighted by Crippen LogP contribution is -2.39. The minimum atomic E-state index is 0.198. The van der Waals surface area contributed by atoms with Crippen LogP contribution in [0.25, 0.3) is 0 Å². The Morgan fingerprint density at radius 2 is 1.96 bits per heavy atom. The number of amides is 1. The summed E-state index contributed by atoms with van der Waals surface area (Å²) in [5, 5.41) is 0.727. The number of nitrogens with zero attached hydrogens (tertiary/aromatic N) is 1. The van der Waals surface area contributed by atoms with Crippen molar-refractivity contribution in [3.05, 3.63) is 34.9 Å². The molecule has 0 N–H and O–H groups in total. The van der Waals surface area contributed by atoms with Crippen molar-refractivity contribution >= 4 is 17.5 Å². The first-order valence-corrected chi connectivity index (χ1v) is 9.86. The third kappa shape index (κ3) is 4.98. The second-order valence-electron chi connectivity index (χ2n) is 8.71. The molecule has 3 unspecified atom stereocenters. The summed E-state index contributed by atoms with van der Waals surface area (Å²) < 4.78 is 6.29. The SMILES string of the molecule is CC1CC(OCC2CCC(=O)N2Cc2ccc(Cl)cc2)CC(C)(C)C1. The molecule has 2 aliphatic rings. The number of ether oxygens (including phenoxy) is 1. The first-order chi connectivity index (χ1) is 11.8. The minimum Gasteiger partial charge on any atom is -0.376 e. The molecular weight excluding hydrogens is 334 g/mol. The highest BCUT2D eigenvalue weighted by Crippen LogP contribution is 2.40. The molecule has 0 spiro atoms. The van der Waals surface area contributed by atoms with Gasteiger partial charge in [0.2, 0.25) is 5.91 Å². The summed E-state index contributed by atoms with van der Waals surface area (Å²) in [4.78, 5) is 14.3. The van der Waals surface area contributed by atoms with Gasteiger partial charge in [-0.25, -0.2) is 0 Å². The van der Waals surface area contributed by atoms with Gasteiger partial charge in [0.1, 0.15) is 0 Å². The van der Waals surface area contributed by atoms with Crippen molar-refractivity contribution in [3.8, 4) is 0 Å². The molecule has 138 valence electrons. The smallest absolute Gasteiger partial charge is 0.223 e. The average molecular weight is 364 g/mol. The number of rotatable bonds is 5. The summed E-state index contributed by atoms with van der Waals surface area (Å²) in [6.07, 6.45) is 5.40. The number of likely N-dealkylation sites (tertiary alicyclic amines) is 1. The maximum Gasteiger partial charge on any atom is 0.223 e. The second-order valence-corrected chi connectivity index (χ2v) is 9.15. The van der Waals surface area contributed by atoms with Crippen molar-refractivity contribution in [2.75, 3.05) is 6.61 Å². The third-order valence-electron chi connectivity index (χ3n) is 5.59. The molecule has 1 saturated carbocycles. The van der Waals surface area contributed by atoms with E-state index in [1.165, 1.54) is 6.42 Å². The topological polar surface area (TPSA) is 29.5 Å². The van der Waals surface area contributed by atoms with Gasteiger partial charge >= 0.3 is 0 Å². The molecule has 2 fully saturated rings. The van der Waals surface area contributed by atoms with Crippen molar-refractivity contribution in [2.45, 2.75) is 71.6 Å². The molecule has 1 aliphatic heterocycles. The Morgan fingerprint density at radius 1 is 1.24 bits per heavy atom. The van der Waals surface area contributed by atoms with Crippen LogP contribution in [0.4, 0.5) is 0 Å². The van der Waals surface area contributed by atoms with Crippen molar-refractivity contribution in [3.63, 3.8) is 0 Å². The van der Waals surface area contributed by atoms with Gasteiger partial charge in [-0.15, -0.1) is 0 Å². The number of carbonyl (C=O) groups is 1. The minimum absolute atomic E-state index is 0.198. The number of carbonyl (C=O) groups excluding carboxylic acids is 1. The number of halogens is 1. The van der Waals surface area contributed by atoms with E-state index in [0.717, 1.165) is 29.8 Å². The highest BCUT2D eigenvalue weighted by molar-refractivity contribution is 6.30. The molecule has 25 heavy (non-hydrogen) atoms. The van der Waals surface area contributed by atoms with Gasteiger partial charge in [0.05, 0.1) is 18.8 Å². The normalized spacial score (nSPS) is 29.2.